The molecule has 4 bridgehead atoms. The van der Waals surface area contributed by atoms with Crippen LogP contribution in [0.5, 0.6) is 5.75 Å². The lowest BCUT2D eigenvalue weighted by Gasteiger charge is -2.60. The van der Waals surface area contributed by atoms with Crippen molar-refractivity contribution in [1.82, 2.24) is 0 Å². The molecule has 7 rings (SSSR count). The van der Waals surface area contributed by atoms with Crippen LogP contribution in [-0.2, 0) is 12.6 Å². The number of benzene rings is 2. The molecule has 0 saturated heterocycles. The number of nitrogens with two attached hydrogens (primary N) is 1. The summed E-state index contributed by atoms with van der Waals surface area (Å²) in [7, 11) is 0. The molecule has 0 aromatic heterocycles. The van der Waals surface area contributed by atoms with Gasteiger partial charge in [0.2, 0.25) is 0 Å². The number of fused-ring (bicyclic) bond motifs is 1. The molecule has 4 fully saturated rings. The first-order chi connectivity index (χ1) is 14.8. The van der Waals surface area contributed by atoms with Gasteiger partial charge in [-0.1, -0.05) is 18.2 Å². The van der Waals surface area contributed by atoms with Gasteiger partial charge in [0, 0.05) is 17.2 Å². The van der Waals surface area contributed by atoms with Crippen LogP contribution in [0, 0.1) is 29.1 Å². The van der Waals surface area contributed by atoms with Gasteiger partial charge >= 0.3 is 6.18 Å². The molecule has 4 saturated carbocycles. The van der Waals surface area contributed by atoms with Crippen molar-refractivity contribution in [3.63, 3.8) is 0 Å². The Bertz CT molecular complexity index is 993. The largest absolute Gasteiger partial charge is 0.492 e. The monoisotopic (exact) mass is 427 g/mol. The highest BCUT2D eigenvalue weighted by Gasteiger charge is 2.55. The summed E-state index contributed by atoms with van der Waals surface area (Å²) in [5.74, 6) is 2.75. The van der Waals surface area contributed by atoms with Crippen molar-refractivity contribution >= 4 is 5.69 Å². The molecule has 0 amide bonds. The lowest BCUT2D eigenvalue weighted by molar-refractivity contribution is -0.140. The van der Waals surface area contributed by atoms with E-state index in [1.54, 1.807) is 12.1 Å². The van der Waals surface area contributed by atoms with Crippen molar-refractivity contribution in [1.29, 1.82) is 0 Å². The minimum Gasteiger partial charge on any atom is -0.492 e. The van der Waals surface area contributed by atoms with Gasteiger partial charge in [-0.25, -0.2) is 0 Å². The minimum absolute atomic E-state index is 0.0356. The van der Waals surface area contributed by atoms with Crippen LogP contribution in [0.15, 0.2) is 36.4 Å². The van der Waals surface area contributed by atoms with Crippen LogP contribution >= 0.6 is 0 Å². The van der Waals surface area contributed by atoms with Crippen LogP contribution in [0.25, 0.3) is 11.1 Å². The Morgan fingerprint density at radius 2 is 1.61 bits per heavy atom. The number of ether oxygens (including phenoxy) is 1. The molecule has 5 heteroatoms. The fourth-order valence-corrected chi connectivity index (χ4v) is 7.76. The quantitative estimate of drug-likeness (QED) is 0.540. The van der Waals surface area contributed by atoms with E-state index in [4.69, 9.17) is 10.5 Å². The predicted molar refractivity (Wildman–Crippen MR) is 115 cm³/mol. The average molecular weight is 428 g/mol. The zero-order valence-corrected chi connectivity index (χ0v) is 17.5. The molecule has 1 heterocycles. The predicted octanol–water partition coefficient (Wildman–Crippen LogP) is 6.72. The van der Waals surface area contributed by atoms with Gasteiger partial charge < -0.3 is 10.5 Å². The molecule has 164 valence electrons. The van der Waals surface area contributed by atoms with E-state index in [1.165, 1.54) is 44.6 Å². The van der Waals surface area contributed by atoms with Gasteiger partial charge in [-0.15, -0.1) is 0 Å². The van der Waals surface area contributed by atoms with Gasteiger partial charge in [-0.05, 0) is 97.4 Å². The summed E-state index contributed by atoms with van der Waals surface area (Å²) in [4.78, 5) is 0. The van der Waals surface area contributed by atoms with Crippen molar-refractivity contribution in [3.8, 4) is 16.9 Å². The Morgan fingerprint density at radius 3 is 2.23 bits per heavy atom. The van der Waals surface area contributed by atoms with Gasteiger partial charge in [0.25, 0.3) is 0 Å². The summed E-state index contributed by atoms with van der Waals surface area (Å²) >= 11 is 0. The van der Waals surface area contributed by atoms with Crippen LogP contribution < -0.4 is 10.5 Å². The second-order valence-corrected chi connectivity index (χ2v) is 10.6. The molecule has 2 aromatic carbocycles. The first kappa shape index (κ1) is 19.5. The van der Waals surface area contributed by atoms with Crippen LogP contribution in [-0.4, -0.2) is 6.61 Å². The number of rotatable bonds is 2. The van der Waals surface area contributed by atoms with Crippen LogP contribution in [0.4, 0.5) is 18.9 Å². The molecule has 1 unspecified atom stereocenters. The van der Waals surface area contributed by atoms with Crippen LogP contribution in [0.3, 0.4) is 0 Å². The van der Waals surface area contributed by atoms with Crippen LogP contribution in [0.1, 0.15) is 49.7 Å². The molecule has 2 N–H and O–H groups in total. The van der Waals surface area contributed by atoms with Gasteiger partial charge in [-0.3, -0.25) is 0 Å². The molecule has 4 aliphatic carbocycles. The fourth-order valence-electron chi connectivity index (χ4n) is 7.76. The van der Waals surface area contributed by atoms with E-state index in [0.717, 1.165) is 28.9 Å². The minimum atomic E-state index is -4.42. The number of halogens is 3. The number of hydrogen-bond donors (Lipinski definition) is 1. The molecule has 31 heavy (non-hydrogen) atoms. The maximum absolute atomic E-state index is 13.8. The molecule has 5 aliphatic rings. The van der Waals surface area contributed by atoms with Crippen molar-refractivity contribution in [3.05, 3.63) is 47.5 Å². The normalized spacial score (nSPS) is 33.8. The molecular weight excluding hydrogens is 399 g/mol. The summed E-state index contributed by atoms with van der Waals surface area (Å²) in [6.07, 6.45) is 4.00. The lowest BCUT2D eigenvalue weighted by atomic mass is 9.46. The van der Waals surface area contributed by atoms with Crippen molar-refractivity contribution in [2.45, 2.75) is 51.1 Å². The lowest BCUT2D eigenvalue weighted by Crippen LogP contribution is -2.52. The van der Waals surface area contributed by atoms with E-state index in [1.807, 2.05) is 18.2 Å². The van der Waals surface area contributed by atoms with Gasteiger partial charge in [0.05, 0.1) is 12.2 Å². The third kappa shape index (κ3) is 3.15. The maximum atomic E-state index is 13.8. The highest BCUT2D eigenvalue weighted by atomic mass is 19.4. The van der Waals surface area contributed by atoms with Crippen molar-refractivity contribution in [2.75, 3.05) is 12.3 Å². The highest BCUT2D eigenvalue weighted by Crippen LogP contribution is 2.64. The zero-order chi connectivity index (χ0) is 21.4. The van der Waals surface area contributed by atoms with Crippen molar-refractivity contribution in [2.24, 2.45) is 29.1 Å². The van der Waals surface area contributed by atoms with E-state index >= 15 is 0 Å². The maximum Gasteiger partial charge on any atom is 0.419 e. The van der Waals surface area contributed by atoms with Gasteiger partial charge in [-0.2, -0.15) is 13.2 Å². The standard InChI is InChI=1S/C26H28F3NO/c27-26(28,29)23-5-4-21(18-2-1-3-20(30)9-18)22-10-19(14-31-24(22)23)25-11-15-6-16(12-25)8-17(7-15)13-25/h1-5,9,15-17,19H,6-8,10-14,30H2. The number of hydrogen-bond acceptors (Lipinski definition) is 2. The molecule has 1 aliphatic heterocycles. The summed E-state index contributed by atoms with van der Waals surface area (Å²) in [6, 6.07) is 10.2. The van der Waals surface area contributed by atoms with Gasteiger partial charge in [0.1, 0.15) is 5.75 Å². The Morgan fingerprint density at radius 1 is 0.935 bits per heavy atom. The smallest absolute Gasteiger partial charge is 0.419 e. The number of alkyl halides is 3. The number of nitrogen functional groups attached to an aromatic ring is 1. The topological polar surface area (TPSA) is 35.2 Å². The van der Waals surface area contributed by atoms with Crippen molar-refractivity contribution < 1.29 is 17.9 Å². The first-order valence-corrected chi connectivity index (χ1v) is 11.5. The SMILES string of the molecule is Nc1cccc(-c2ccc(C(F)(F)F)c3c2CC(C24CC5CC(CC(C5)C2)C4)CO3)c1. The Labute approximate surface area is 181 Å². The Balaban J connectivity index is 1.43. The summed E-state index contributed by atoms with van der Waals surface area (Å²) in [5.41, 5.74) is 8.59. The molecular formula is C26H28F3NO. The summed E-state index contributed by atoms with van der Waals surface area (Å²) < 4.78 is 47.4. The number of anilines is 1. The van der Waals surface area contributed by atoms with Gasteiger partial charge in [0.15, 0.2) is 0 Å². The summed E-state index contributed by atoms with van der Waals surface area (Å²) in [6.45, 7) is 0.405. The molecule has 2 aromatic rings. The third-order valence-corrected chi connectivity index (χ3v) is 8.59. The first-order valence-electron chi connectivity index (χ1n) is 11.5. The molecule has 1 atom stereocenters. The Kier molecular flexibility index (Phi) is 4.19. The highest BCUT2D eigenvalue weighted by molar-refractivity contribution is 5.74. The average Bonchev–Trinajstić information content (AvgIpc) is 2.71. The fraction of sp³-hybridized carbons (Fsp3) is 0.538. The van der Waals surface area contributed by atoms with E-state index < -0.39 is 11.7 Å². The zero-order valence-electron chi connectivity index (χ0n) is 17.5. The third-order valence-electron chi connectivity index (χ3n) is 8.59. The van der Waals surface area contributed by atoms with E-state index in [2.05, 4.69) is 0 Å². The van der Waals surface area contributed by atoms with E-state index in [9.17, 15) is 13.2 Å². The molecule has 0 spiro atoms. The molecule has 0 radical (unpaired) electrons. The van der Waals surface area contributed by atoms with E-state index in [0.29, 0.717) is 24.3 Å². The van der Waals surface area contributed by atoms with E-state index in [-0.39, 0.29) is 17.1 Å². The second-order valence-electron chi connectivity index (χ2n) is 10.6. The second kappa shape index (κ2) is 6.66. The summed E-state index contributed by atoms with van der Waals surface area (Å²) in [5, 5.41) is 0. The molecule has 2 nitrogen and oxygen atoms in total. The van der Waals surface area contributed by atoms with Crippen LogP contribution in [0.2, 0.25) is 0 Å². The Hall–Kier alpha value is -2.17.